The standard InChI is InChI=1S/C18H16FN3O2/c19-13-4-2-1-3-11(13)10-5-6-15-12(9-10)18(24)22-8-7-14(20)16(22)17(23)21-15/h1-6,9,14,16H,7-8,20H2,(H,21,23)/t14-,16-/m0/s1. The predicted octanol–water partition coefficient (Wildman–Crippen LogP) is 1.99. The molecular weight excluding hydrogens is 309 g/mol. The smallest absolute Gasteiger partial charge is 0.256 e. The topological polar surface area (TPSA) is 75.4 Å². The number of rotatable bonds is 1. The van der Waals surface area contributed by atoms with Crippen LogP contribution in [-0.2, 0) is 4.79 Å². The molecule has 0 spiro atoms. The first-order valence-electron chi connectivity index (χ1n) is 7.82. The van der Waals surface area contributed by atoms with Gasteiger partial charge in [-0.05, 0) is 30.2 Å². The van der Waals surface area contributed by atoms with Crippen LogP contribution in [0.25, 0.3) is 11.1 Å². The summed E-state index contributed by atoms with van der Waals surface area (Å²) in [4.78, 5) is 26.8. The minimum atomic E-state index is -0.651. The molecule has 2 heterocycles. The summed E-state index contributed by atoms with van der Waals surface area (Å²) < 4.78 is 14.0. The van der Waals surface area contributed by atoms with Crippen molar-refractivity contribution < 1.29 is 14.0 Å². The van der Waals surface area contributed by atoms with E-state index in [1.165, 1.54) is 11.0 Å². The monoisotopic (exact) mass is 325 g/mol. The maximum absolute atomic E-state index is 14.0. The number of fused-ring (bicyclic) bond motifs is 2. The molecule has 3 N–H and O–H groups in total. The molecule has 1 fully saturated rings. The molecule has 0 aromatic heterocycles. The third-order valence-corrected chi connectivity index (χ3v) is 4.67. The van der Waals surface area contributed by atoms with Crippen molar-refractivity contribution in [2.75, 3.05) is 11.9 Å². The van der Waals surface area contributed by atoms with Crippen LogP contribution in [0.3, 0.4) is 0 Å². The number of benzene rings is 2. The predicted molar refractivity (Wildman–Crippen MR) is 87.9 cm³/mol. The fourth-order valence-electron chi connectivity index (χ4n) is 3.43. The highest BCUT2D eigenvalue weighted by atomic mass is 19.1. The van der Waals surface area contributed by atoms with Crippen LogP contribution in [0.1, 0.15) is 16.8 Å². The average Bonchev–Trinajstić information content (AvgIpc) is 2.92. The molecule has 2 aromatic carbocycles. The summed E-state index contributed by atoms with van der Waals surface area (Å²) in [6, 6.07) is 10.3. The van der Waals surface area contributed by atoms with Crippen LogP contribution in [0.15, 0.2) is 42.5 Å². The Morgan fingerprint density at radius 2 is 1.92 bits per heavy atom. The summed E-state index contributed by atoms with van der Waals surface area (Å²) in [5.74, 6) is -0.881. The van der Waals surface area contributed by atoms with Crippen molar-refractivity contribution in [1.82, 2.24) is 4.90 Å². The van der Waals surface area contributed by atoms with Crippen LogP contribution < -0.4 is 11.1 Å². The normalized spacial score (nSPS) is 22.7. The molecule has 4 rings (SSSR count). The number of hydrogen-bond donors (Lipinski definition) is 2. The second kappa shape index (κ2) is 5.42. The van der Waals surface area contributed by atoms with E-state index in [4.69, 9.17) is 5.73 Å². The minimum absolute atomic E-state index is 0.250. The van der Waals surface area contributed by atoms with E-state index < -0.39 is 6.04 Å². The number of nitrogens with zero attached hydrogens (tertiary/aromatic N) is 1. The molecule has 2 aliphatic heterocycles. The van der Waals surface area contributed by atoms with E-state index in [0.29, 0.717) is 35.3 Å². The lowest BCUT2D eigenvalue weighted by Gasteiger charge is -2.22. The third kappa shape index (κ3) is 2.18. The van der Waals surface area contributed by atoms with Crippen molar-refractivity contribution in [2.45, 2.75) is 18.5 Å². The Morgan fingerprint density at radius 3 is 2.71 bits per heavy atom. The van der Waals surface area contributed by atoms with Crippen molar-refractivity contribution in [3.63, 3.8) is 0 Å². The van der Waals surface area contributed by atoms with Gasteiger partial charge in [-0.25, -0.2) is 4.39 Å². The summed E-state index contributed by atoms with van der Waals surface area (Å²) >= 11 is 0. The Bertz CT molecular complexity index is 852. The lowest BCUT2D eigenvalue weighted by atomic mass is 10.0. The molecule has 2 amide bonds. The van der Waals surface area contributed by atoms with E-state index in [9.17, 15) is 14.0 Å². The number of nitrogens with one attached hydrogen (secondary N) is 1. The zero-order valence-electron chi connectivity index (χ0n) is 12.8. The number of amides is 2. The van der Waals surface area contributed by atoms with Crippen LogP contribution in [-0.4, -0.2) is 35.3 Å². The summed E-state index contributed by atoms with van der Waals surface area (Å²) in [5, 5.41) is 2.77. The van der Waals surface area contributed by atoms with E-state index in [0.717, 1.165) is 0 Å². The Morgan fingerprint density at radius 1 is 1.12 bits per heavy atom. The van der Waals surface area contributed by atoms with Gasteiger partial charge in [0, 0.05) is 18.2 Å². The van der Waals surface area contributed by atoms with E-state index in [1.54, 1.807) is 36.4 Å². The first kappa shape index (κ1) is 14.8. The van der Waals surface area contributed by atoms with Gasteiger partial charge in [0.15, 0.2) is 0 Å². The average molecular weight is 325 g/mol. The molecule has 122 valence electrons. The van der Waals surface area contributed by atoms with Gasteiger partial charge in [0.05, 0.1) is 11.3 Å². The van der Waals surface area contributed by atoms with E-state index in [1.807, 2.05) is 0 Å². The highest BCUT2D eigenvalue weighted by Crippen LogP contribution is 2.32. The fraction of sp³-hybridized carbons (Fsp3) is 0.222. The summed E-state index contributed by atoms with van der Waals surface area (Å²) in [7, 11) is 0. The molecule has 1 saturated heterocycles. The highest BCUT2D eigenvalue weighted by Gasteiger charge is 2.43. The van der Waals surface area contributed by atoms with Gasteiger partial charge >= 0.3 is 0 Å². The largest absolute Gasteiger partial charge is 0.325 e. The molecule has 0 aliphatic carbocycles. The van der Waals surface area contributed by atoms with Crippen molar-refractivity contribution in [2.24, 2.45) is 5.73 Å². The molecule has 24 heavy (non-hydrogen) atoms. The van der Waals surface area contributed by atoms with Gasteiger partial charge in [-0.1, -0.05) is 24.3 Å². The Balaban J connectivity index is 1.82. The summed E-state index contributed by atoms with van der Waals surface area (Å²) in [6.07, 6.45) is 0.589. The van der Waals surface area contributed by atoms with Crippen LogP contribution >= 0.6 is 0 Å². The number of anilines is 1. The maximum atomic E-state index is 14.0. The van der Waals surface area contributed by atoms with Crippen LogP contribution in [0.4, 0.5) is 10.1 Å². The van der Waals surface area contributed by atoms with Crippen LogP contribution in [0.2, 0.25) is 0 Å². The lowest BCUT2D eigenvalue weighted by molar-refractivity contribution is -0.119. The van der Waals surface area contributed by atoms with Gasteiger partial charge in [0.2, 0.25) is 5.91 Å². The summed E-state index contributed by atoms with van der Waals surface area (Å²) in [6.45, 7) is 0.446. The SMILES string of the molecule is N[C@H]1CCN2C(=O)c3cc(-c4ccccc4F)ccc3NC(=O)[C@H]12. The van der Waals surface area contributed by atoms with Gasteiger partial charge in [-0.15, -0.1) is 0 Å². The van der Waals surface area contributed by atoms with E-state index in [-0.39, 0.29) is 23.7 Å². The molecule has 5 nitrogen and oxygen atoms in total. The molecule has 2 aromatic rings. The van der Waals surface area contributed by atoms with Gasteiger partial charge in [0.25, 0.3) is 5.91 Å². The molecule has 6 heteroatoms. The molecule has 0 bridgehead atoms. The fourth-order valence-corrected chi connectivity index (χ4v) is 3.43. The molecule has 2 aliphatic rings. The van der Waals surface area contributed by atoms with Gasteiger partial charge in [-0.3, -0.25) is 9.59 Å². The highest BCUT2D eigenvalue weighted by molar-refractivity contribution is 6.11. The van der Waals surface area contributed by atoms with Crippen molar-refractivity contribution >= 4 is 17.5 Å². The van der Waals surface area contributed by atoms with Crippen molar-refractivity contribution in [1.29, 1.82) is 0 Å². The molecule has 0 radical (unpaired) electrons. The minimum Gasteiger partial charge on any atom is -0.325 e. The molecule has 0 saturated carbocycles. The Kier molecular flexibility index (Phi) is 3.35. The molecule has 0 unspecified atom stereocenters. The third-order valence-electron chi connectivity index (χ3n) is 4.67. The number of carbonyl (C=O) groups is 2. The number of carbonyl (C=O) groups excluding carboxylic acids is 2. The second-order valence-corrected chi connectivity index (χ2v) is 6.13. The maximum Gasteiger partial charge on any atom is 0.256 e. The Labute approximate surface area is 138 Å². The van der Waals surface area contributed by atoms with Crippen molar-refractivity contribution in [3.05, 3.63) is 53.8 Å². The van der Waals surface area contributed by atoms with Crippen LogP contribution in [0.5, 0.6) is 0 Å². The van der Waals surface area contributed by atoms with Gasteiger partial charge in [0.1, 0.15) is 11.9 Å². The zero-order chi connectivity index (χ0) is 16.8. The zero-order valence-corrected chi connectivity index (χ0v) is 12.8. The summed E-state index contributed by atoms with van der Waals surface area (Å²) in [5.41, 5.74) is 7.79. The molecular formula is C18H16FN3O2. The van der Waals surface area contributed by atoms with Crippen LogP contribution in [0, 0.1) is 5.82 Å². The van der Waals surface area contributed by atoms with E-state index in [2.05, 4.69) is 5.32 Å². The quantitative estimate of drug-likeness (QED) is 0.842. The number of nitrogens with two attached hydrogens (primary N) is 1. The second-order valence-electron chi connectivity index (χ2n) is 6.13. The van der Waals surface area contributed by atoms with Gasteiger partial charge in [-0.2, -0.15) is 0 Å². The van der Waals surface area contributed by atoms with Crippen molar-refractivity contribution in [3.8, 4) is 11.1 Å². The Hall–Kier alpha value is -2.73. The van der Waals surface area contributed by atoms with E-state index >= 15 is 0 Å². The number of halogens is 1. The number of hydrogen-bond acceptors (Lipinski definition) is 3. The lowest BCUT2D eigenvalue weighted by Crippen LogP contribution is -2.48. The first-order valence-corrected chi connectivity index (χ1v) is 7.82. The first-order chi connectivity index (χ1) is 11.6. The molecule has 2 atom stereocenters. The van der Waals surface area contributed by atoms with Gasteiger partial charge < -0.3 is 16.0 Å².